The van der Waals surface area contributed by atoms with Crippen molar-refractivity contribution < 1.29 is 14.6 Å². The number of anilines is 3. The second-order valence-electron chi connectivity index (χ2n) is 14.7. The lowest BCUT2D eigenvalue weighted by atomic mass is 9.99. The molecule has 8 heteroatoms. The van der Waals surface area contributed by atoms with Crippen molar-refractivity contribution in [1.29, 1.82) is 0 Å². The molecule has 11 aromatic rings. The lowest BCUT2D eigenvalue weighted by Gasteiger charge is -2.38. The SMILES string of the molecule is Oc1cccc2c1N1c3ccccc3Oc3cc(-c4ccc5c(c4)c4ccccc4n5-c4nc(-c5cccc6c5sc5ccccc56)c5ccccc5n4)cc(c31)O2. The van der Waals surface area contributed by atoms with Gasteiger partial charge in [0.05, 0.1) is 27.9 Å². The Kier molecular flexibility index (Phi) is 6.34. The molecule has 0 spiro atoms. The Labute approximate surface area is 334 Å². The summed E-state index contributed by atoms with van der Waals surface area (Å²) in [4.78, 5) is 12.7. The molecule has 0 atom stereocenters. The minimum absolute atomic E-state index is 0.136. The fraction of sp³-hybridized carbons (Fsp3) is 0. The first-order chi connectivity index (χ1) is 28.7. The van der Waals surface area contributed by atoms with Gasteiger partial charge in [0.2, 0.25) is 5.95 Å². The van der Waals surface area contributed by atoms with Gasteiger partial charge in [-0.15, -0.1) is 11.3 Å². The van der Waals surface area contributed by atoms with Crippen LogP contribution in [-0.4, -0.2) is 19.6 Å². The van der Waals surface area contributed by atoms with Gasteiger partial charge in [0.1, 0.15) is 17.1 Å². The van der Waals surface area contributed by atoms with Crippen LogP contribution in [0, 0.1) is 0 Å². The Bertz CT molecular complexity index is 3550. The monoisotopic (exact) mass is 764 g/mol. The van der Waals surface area contributed by atoms with E-state index in [1.54, 1.807) is 12.1 Å². The molecule has 13 rings (SSSR count). The fourth-order valence-corrected chi connectivity index (χ4v) is 10.1. The van der Waals surface area contributed by atoms with E-state index in [9.17, 15) is 5.11 Å². The highest BCUT2D eigenvalue weighted by Gasteiger charge is 2.37. The lowest BCUT2D eigenvalue weighted by molar-refractivity contribution is 0.434. The minimum Gasteiger partial charge on any atom is -0.506 e. The molecule has 58 heavy (non-hydrogen) atoms. The maximum absolute atomic E-state index is 11.0. The molecule has 272 valence electrons. The number of phenolic OH excluding ortho intramolecular Hbond substituents is 1. The summed E-state index contributed by atoms with van der Waals surface area (Å²) in [6, 6.07) is 55.8. The average molecular weight is 765 g/mol. The number of para-hydroxylation sites is 5. The number of aromatic hydroxyl groups is 1. The summed E-state index contributed by atoms with van der Waals surface area (Å²) in [5.74, 6) is 3.32. The van der Waals surface area contributed by atoms with Gasteiger partial charge in [-0.25, -0.2) is 9.97 Å². The molecule has 1 N–H and O–H groups in total. The van der Waals surface area contributed by atoms with Crippen LogP contribution in [0.3, 0.4) is 0 Å². The van der Waals surface area contributed by atoms with Gasteiger partial charge >= 0.3 is 0 Å². The number of nitrogens with zero attached hydrogens (tertiary/aromatic N) is 4. The number of thiophene rings is 1. The summed E-state index contributed by atoms with van der Waals surface area (Å²) in [5.41, 5.74) is 9.05. The van der Waals surface area contributed by atoms with Gasteiger partial charge in [-0.2, -0.15) is 0 Å². The lowest BCUT2D eigenvalue weighted by Crippen LogP contribution is -2.20. The molecular formula is C50H28N4O3S. The molecule has 0 radical (unpaired) electrons. The standard InChI is InChI=1S/C50H28N4O3S/c55-40-19-10-21-42-47(40)54-39-18-6-7-20-41(39)56-43-26-29(27-44(57-42)48(43)54)28-23-24-38-35(25-28)30-11-2-5-17-37(30)53(38)50-51-36-16-4-1-13-33(36)46(52-50)34-15-9-14-32-31-12-3-8-22-45(31)58-49(32)34/h1-27,55H. The van der Waals surface area contributed by atoms with Crippen molar-refractivity contribution in [2.24, 2.45) is 0 Å². The maximum atomic E-state index is 11.0. The number of ether oxygens (including phenoxy) is 2. The quantitative estimate of drug-likeness (QED) is 0.193. The van der Waals surface area contributed by atoms with Crippen LogP contribution in [-0.2, 0) is 0 Å². The van der Waals surface area contributed by atoms with Crippen molar-refractivity contribution in [3.05, 3.63) is 164 Å². The third-order valence-electron chi connectivity index (χ3n) is 11.5. The second-order valence-corrected chi connectivity index (χ2v) is 15.8. The number of hydrogen-bond acceptors (Lipinski definition) is 7. The summed E-state index contributed by atoms with van der Waals surface area (Å²) >= 11 is 1.81. The Balaban J connectivity index is 1.00. The van der Waals surface area contributed by atoms with Crippen LogP contribution in [0.15, 0.2) is 164 Å². The molecule has 0 amide bonds. The summed E-state index contributed by atoms with van der Waals surface area (Å²) in [6.07, 6.45) is 0. The Morgan fingerprint density at radius 3 is 2.12 bits per heavy atom. The maximum Gasteiger partial charge on any atom is 0.235 e. The number of fused-ring (bicyclic) bond motifs is 11. The van der Waals surface area contributed by atoms with Gasteiger partial charge in [0.25, 0.3) is 0 Å². The molecule has 8 aromatic carbocycles. The number of phenols is 1. The highest BCUT2D eigenvalue weighted by Crippen LogP contribution is 2.62. The Hall–Kier alpha value is -7.68. The van der Waals surface area contributed by atoms with E-state index < -0.39 is 0 Å². The van der Waals surface area contributed by atoms with Crippen LogP contribution in [0.4, 0.5) is 17.1 Å². The summed E-state index contributed by atoms with van der Waals surface area (Å²) < 4.78 is 17.8. The Morgan fingerprint density at radius 1 is 0.500 bits per heavy atom. The number of aromatic nitrogens is 3. The van der Waals surface area contributed by atoms with Gasteiger partial charge in [-0.05, 0) is 77.9 Å². The van der Waals surface area contributed by atoms with Crippen molar-refractivity contribution in [3.8, 4) is 57.1 Å². The van der Waals surface area contributed by atoms with Gasteiger partial charge in [0.15, 0.2) is 23.0 Å². The fourth-order valence-electron chi connectivity index (χ4n) is 8.93. The topological polar surface area (TPSA) is 72.6 Å². The minimum atomic E-state index is 0.136. The predicted molar refractivity (Wildman–Crippen MR) is 234 cm³/mol. The van der Waals surface area contributed by atoms with Gasteiger partial charge in [-0.1, -0.05) is 97.1 Å². The zero-order valence-electron chi connectivity index (χ0n) is 30.5. The van der Waals surface area contributed by atoms with Crippen molar-refractivity contribution in [2.45, 2.75) is 0 Å². The molecule has 0 saturated carbocycles. The molecule has 0 bridgehead atoms. The van der Waals surface area contributed by atoms with Crippen molar-refractivity contribution in [2.75, 3.05) is 4.90 Å². The molecule has 0 aliphatic carbocycles. The van der Waals surface area contributed by atoms with Crippen LogP contribution >= 0.6 is 11.3 Å². The van der Waals surface area contributed by atoms with Crippen LogP contribution in [0.25, 0.3) is 81.2 Å². The zero-order chi connectivity index (χ0) is 38.1. The first-order valence-electron chi connectivity index (χ1n) is 19.1. The largest absolute Gasteiger partial charge is 0.506 e. The number of hydrogen-bond donors (Lipinski definition) is 1. The van der Waals surface area contributed by atoms with Crippen molar-refractivity contribution in [3.63, 3.8) is 0 Å². The smallest absolute Gasteiger partial charge is 0.235 e. The number of rotatable bonds is 3. The summed E-state index contributed by atoms with van der Waals surface area (Å²) in [5, 5.41) is 16.7. The van der Waals surface area contributed by atoms with Crippen LogP contribution < -0.4 is 14.4 Å². The normalized spacial score (nSPS) is 12.8. The van der Waals surface area contributed by atoms with Crippen LogP contribution in [0.5, 0.6) is 28.7 Å². The van der Waals surface area contributed by atoms with Crippen LogP contribution in [0.2, 0.25) is 0 Å². The first kappa shape index (κ1) is 31.5. The van der Waals surface area contributed by atoms with E-state index in [1.165, 1.54) is 20.2 Å². The predicted octanol–water partition coefficient (Wildman–Crippen LogP) is 13.8. The highest BCUT2D eigenvalue weighted by atomic mass is 32.1. The third kappa shape index (κ3) is 4.37. The Morgan fingerprint density at radius 2 is 1.21 bits per heavy atom. The highest BCUT2D eigenvalue weighted by molar-refractivity contribution is 7.26. The molecular weight excluding hydrogens is 737 g/mol. The molecule has 7 nitrogen and oxygen atoms in total. The van der Waals surface area contributed by atoms with Crippen LogP contribution in [0.1, 0.15) is 0 Å². The second kappa shape index (κ2) is 11.7. The molecule has 0 fully saturated rings. The summed E-state index contributed by atoms with van der Waals surface area (Å²) in [7, 11) is 0. The molecule has 3 aromatic heterocycles. The zero-order valence-corrected chi connectivity index (χ0v) is 31.4. The van der Waals surface area contributed by atoms with E-state index in [2.05, 4.69) is 120 Å². The average Bonchev–Trinajstić information content (AvgIpc) is 3.81. The van der Waals surface area contributed by atoms with Gasteiger partial charge < -0.3 is 14.6 Å². The van der Waals surface area contributed by atoms with E-state index in [0.717, 1.165) is 66.5 Å². The van der Waals surface area contributed by atoms with E-state index in [-0.39, 0.29) is 5.75 Å². The van der Waals surface area contributed by atoms with E-state index in [1.807, 2.05) is 52.6 Å². The summed E-state index contributed by atoms with van der Waals surface area (Å²) in [6.45, 7) is 0. The molecule has 2 aliphatic rings. The van der Waals surface area contributed by atoms with Gasteiger partial charge in [-0.3, -0.25) is 9.47 Å². The van der Waals surface area contributed by atoms with E-state index >= 15 is 0 Å². The third-order valence-corrected chi connectivity index (χ3v) is 12.7. The number of benzene rings is 8. The van der Waals surface area contributed by atoms with E-state index in [0.29, 0.717) is 34.6 Å². The van der Waals surface area contributed by atoms with Crippen molar-refractivity contribution >= 4 is 81.3 Å². The molecule has 0 unspecified atom stereocenters. The van der Waals surface area contributed by atoms with Crippen molar-refractivity contribution in [1.82, 2.24) is 14.5 Å². The molecule has 0 saturated heterocycles. The molecule has 5 heterocycles. The van der Waals surface area contributed by atoms with Gasteiger partial charge in [0, 0.05) is 41.9 Å². The first-order valence-corrected chi connectivity index (χ1v) is 19.9. The molecule has 2 aliphatic heterocycles. The van der Waals surface area contributed by atoms with E-state index in [4.69, 9.17) is 19.4 Å².